The summed E-state index contributed by atoms with van der Waals surface area (Å²) in [6.07, 6.45) is -5.19. The zero-order chi connectivity index (χ0) is 29.3. The molecule has 2 unspecified atom stereocenters. The maximum absolute atomic E-state index is 12.8. The van der Waals surface area contributed by atoms with E-state index in [-0.39, 0.29) is 11.9 Å². The summed E-state index contributed by atoms with van der Waals surface area (Å²) in [4.78, 5) is 39.0. The van der Waals surface area contributed by atoms with E-state index in [1.807, 2.05) is 30.3 Å². The van der Waals surface area contributed by atoms with Crippen LogP contribution in [0.25, 0.3) is 0 Å². The second-order valence-electron chi connectivity index (χ2n) is 8.19. The summed E-state index contributed by atoms with van der Waals surface area (Å²) >= 11 is 1.62. The predicted molar refractivity (Wildman–Crippen MR) is 126 cm³/mol. The SMILES string of the molecule is Cc1cccnc1CC(C)N(C)C(=O)c1ccc(C2CCCN2)s1.O=C(O)C(F)(F)F.O=C(O)C(F)(F)F. The third-order valence-corrected chi connectivity index (χ3v) is 6.50. The van der Waals surface area contributed by atoms with Gasteiger partial charge in [0.25, 0.3) is 5.91 Å². The maximum atomic E-state index is 12.8. The number of thiophene rings is 1. The predicted octanol–water partition coefficient (Wildman–Crippen LogP) is 4.85. The molecule has 3 N–H and O–H groups in total. The van der Waals surface area contributed by atoms with E-state index in [1.165, 1.54) is 23.3 Å². The number of pyridine rings is 1. The number of carbonyl (C=O) groups excluding carboxylic acids is 1. The number of carboxylic acids is 2. The van der Waals surface area contributed by atoms with Gasteiger partial charge in [0, 0.05) is 42.3 Å². The van der Waals surface area contributed by atoms with Gasteiger partial charge in [-0.05, 0) is 57.0 Å². The van der Waals surface area contributed by atoms with Gasteiger partial charge in [-0.1, -0.05) is 6.07 Å². The first-order valence-electron chi connectivity index (χ1n) is 11.1. The highest BCUT2D eigenvalue weighted by Crippen LogP contribution is 2.30. The van der Waals surface area contributed by atoms with E-state index in [2.05, 4.69) is 36.3 Å². The molecule has 38 heavy (non-hydrogen) atoms. The fourth-order valence-electron chi connectivity index (χ4n) is 3.11. The van der Waals surface area contributed by atoms with Gasteiger partial charge < -0.3 is 20.4 Å². The zero-order valence-corrected chi connectivity index (χ0v) is 21.4. The van der Waals surface area contributed by atoms with Crippen LogP contribution < -0.4 is 5.32 Å². The van der Waals surface area contributed by atoms with E-state index in [0.29, 0.717) is 6.04 Å². The lowest BCUT2D eigenvalue weighted by molar-refractivity contribution is -0.193. The molecule has 1 saturated heterocycles. The Morgan fingerprint density at radius 3 is 2.11 bits per heavy atom. The van der Waals surface area contributed by atoms with Crippen molar-refractivity contribution in [2.24, 2.45) is 0 Å². The summed E-state index contributed by atoms with van der Waals surface area (Å²) in [6.45, 7) is 5.22. The van der Waals surface area contributed by atoms with Gasteiger partial charge in [0.1, 0.15) is 0 Å². The summed E-state index contributed by atoms with van der Waals surface area (Å²) < 4.78 is 63.5. The molecule has 1 aliphatic heterocycles. The van der Waals surface area contributed by atoms with Gasteiger partial charge in [0.05, 0.1) is 4.88 Å². The van der Waals surface area contributed by atoms with E-state index >= 15 is 0 Å². The molecule has 2 aromatic heterocycles. The average Bonchev–Trinajstić information content (AvgIpc) is 3.51. The molecule has 1 amide bonds. The van der Waals surface area contributed by atoms with Gasteiger partial charge >= 0.3 is 24.3 Å². The van der Waals surface area contributed by atoms with Crippen LogP contribution in [0.3, 0.4) is 0 Å². The van der Waals surface area contributed by atoms with Crippen molar-refractivity contribution in [3.8, 4) is 0 Å². The molecule has 8 nitrogen and oxygen atoms in total. The van der Waals surface area contributed by atoms with Gasteiger partial charge in [0.2, 0.25) is 0 Å². The maximum Gasteiger partial charge on any atom is 0.490 e. The van der Waals surface area contributed by atoms with Crippen LogP contribution in [-0.4, -0.2) is 69.9 Å². The van der Waals surface area contributed by atoms with Crippen LogP contribution in [0.5, 0.6) is 0 Å². The number of carboxylic acid groups (broad SMARTS) is 2. The molecule has 0 spiro atoms. The van der Waals surface area contributed by atoms with Crippen LogP contribution in [0.15, 0.2) is 30.5 Å². The van der Waals surface area contributed by atoms with Crippen molar-refractivity contribution in [3.63, 3.8) is 0 Å². The normalized spacial score (nSPS) is 15.9. The number of hydrogen-bond donors (Lipinski definition) is 3. The van der Waals surface area contributed by atoms with Crippen molar-refractivity contribution in [2.75, 3.05) is 13.6 Å². The number of likely N-dealkylation sites (N-methyl/N-ethyl adjacent to an activating group) is 1. The van der Waals surface area contributed by atoms with Crippen molar-refractivity contribution in [1.29, 1.82) is 0 Å². The molecule has 0 radical (unpaired) electrons. The lowest BCUT2D eigenvalue weighted by Gasteiger charge is -2.24. The van der Waals surface area contributed by atoms with Gasteiger partial charge in [-0.25, -0.2) is 9.59 Å². The van der Waals surface area contributed by atoms with E-state index < -0.39 is 24.3 Å². The molecule has 3 heterocycles. The molecule has 1 fully saturated rings. The molecule has 3 rings (SSSR count). The van der Waals surface area contributed by atoms with Crippen LogP contribution in [0, 0.1) is 6.92 Å². The van der Waals surface area contributed by atoms with Gasteiger partial charge in [-0.3, -0.25) is 9.78 Å². The summed E-state index contributed by atoms with van der Waals surface area (Å²) in [5.74, 6) is -5.41. The Bertz CT molecular complexity index is 1060. The molecule has 2 aromatic rings. The molecule has 2 atom stereocenters. The fraction of sp³-hybridized carbons (Fsp3) is 0.478. The highest BCUT2D eigenvalue weighted by atomic mass is 32.1. The number of nitrogens with one attached hydrogen (secondary N) is 1. The van der Waals surface area contributed by atoms with Gasteiger partial charge in [-0.2, -0.15) is 26.3 Å². The molecule has 0 bridgehead atoms. The van der Waals surface area contributed by atoms with Crippen molar-refractivity contribution in [1.82, 2.24) is 15.2 Å². The molecule has 0 aromatic carbocycles. The van der Waals surface area contributed by atoms with Crippen molar-refractivity contribution < 1.29 is 50.9 Å². The zero-order valence-electron chi connectivity index (χ0n) is 20.6. The number of alkyl halides is 6. The molecule has 212 valence electrons. The Balaban J connectivity index is 0.000000426. The minimum Gasteiger partial charge on any atom is -0.475 e. The first-order chi connectivity index (χ1) is 17.4. The largest absolute Gasteiger partial charge is 0.490 e. The Morgan fingerprint density at radius 1 is 1.11 bits per heavy atom. The third-order valence-electron chi connectivity index (χ3n) is 5.31. The van der Waals surface area contributed by atoms with Gasteiger partial charge in [0.15, 0.2) is 0 Å². The first kappa shape index (κ1) is 32.8. The molecular formula is C23H27F6N3O5S. The number of rotatable bonds is 5. The fourth-order valence-corrected chi connectivity index (χ4v) is 4.21. The lowest BCUT2D eigenvalue weighted by atomic mass is 10.1. The average molecular weight is 572 g/mol. The Hall–Kier alpha value is -3.20. The topological polar surface area (TPSA) is 120 Å². The number of amides is 1. The van der Waals surface area contributed by atoms with E-state index in [1.54, 1.807) is 11.3 Å². The monoisotopic (exact) mass is 571 g/mol. The first-order valence-corrected chi connectivity index (χ1v) is 11.9. The van der Waals surface area contributed by atoms with E-state index in [9.17, 15) is 31.1 Å². The van der Waals surface area contributed by atoms with Crippen molar-refractivity contribution in [3.05, 3.63) is 51.5 Å². The van der Waals surface area contributed by atoms with E-state index in [0.717, 1.165) is 23.5 Å². The summed E-state index contributed by atoms with van der Waals surface area (Å²) in [7, 11) is 1.89. The molecular weight excluding hydrogens is 544 g/mol. The van der Waals surface area contributed by atoms with Crippen LogP contribution in [0.1, 0.15) is 51.6 Å². The number of aromatic nitrogens is 1. The quantitative estimate of drug-likeness (QED) is 0.439. The summed E-state index contributed by atoms with van der Waals surface area (Å²) in [6, 6.07) is 8.62. The molecule has 15 heteroatoms. The second kappa shape index (κ2) is 14.1. The summed E-state index contributed by atoms with van der Waals surface area (Å²) in [5, 5.41) is 17.7. The minimum absolute atomic E-state index is 0.102. The Morgan fingerprint density at radius 2 is 1.66 bits per heavy atom. The van der Waals surface area contributed by atoms with Crippen molar-refractivity contribution in [2.45, 2.75) is 57.5 Å². The van der Waals surface area contributed by atoms with Crippen LogP contribution in [0.2, 0.25) is 0 Å². The van der Waals surface area contributed by atoms with Crippen molar-refractivity contribution >= 4 is 29.2 Å². The molecule has 0 saturated carbocycles. The molecule has 1 aliphatic rings. The number of halogens is 6. The lowest BCUT2D eigenvalue weighted by Crippen LogP contribution is -2.36. The number of aliphatic carboxylic acids is 2. The number of nitrogens with zero attached hydrogens (tertiary/aromatic N) is 2. The van der Waals surface area contributed by atoms with E-state index in [4.69, 9.17) is 19.8 Å². The number of carbonyl (C=O) groups is 3. The highest BCUT2D eigenvalue weighted by molar-refractivity contribution is 7.14. The van der Waals surface area contributed by atoms with Gasteiger partial charge in [-0.15, -0.1) is 11.3 Å². The number of aryl methyl sites for hydroxylation is 1. The van der Waals surface area contributed by atoms with Crippen LogP contribution >= 0.6 is 11.3 Å². The Labute approximate surface area is 218 Å². The van der Waals surface area contributed by atoms with Crippen LogP contribution in [0.4, 0.5) is 26.3 Å². The smallest absolute Gasteiger partial charge is 0.475 e. The number of hydrogen-bond acceptors (Lipinski definition) is 6. The second-order valence-corrected chi connectivity index (χ2v) is 9.31. The third kappa shape index (κ3) is 10.7. The summed E-state index contributed by atoms with van der Waals surface area (Å²) in [5.41, 5.74) is 2.24. The minimum atomic E-state index is -5.08. The highest BCUT2D eigenvalue weighted by Gasteiger charge is 2.38. The van der Waals surface area contributed by atoms with Crippen LogP contribution in [-0.2, 0) is 16.0 Å². The molecule has 0 aliphatic carbocycles. The Kier molecular flexibility index (Phi) is 12.2. The standard InChI is InChI=1S/C19H25N3OS.2C2HF3O2/c1-13-6-4-10-21-16(13)12-14(2)22(3)19(23)18-9-8-17(24-18)15-7-5-11-20-15;2*3-2(4,5)1(6)7/h4,6,8-10,14-15,20H,5,7,11-12H2,1-3H3;2*(H,6,7).